The zero-order chi connectivity index (χ0) is 9.84. The fourth-order valence-corrected chi connectivity index (χ4v) is 1.46. The fraction of sp³-hybridized carbons (Fsp3) is 0.636. The number of rotatable bonds is 3. The van der Waals surface area contributed by atoms with Gasteiger partial charge in [-0.25, -0.2) is 0 Å². The Morgan fingerprint density at radius 1 is 1.31 bits per heavy atom. The third-order valence-corrected chi connectivity index (χ3v) is 2.33. The van der Waals surface area contributed by atoms with E-state index >= 15 is 0 Å². The van der Waals surface area contributed by atoms with Crippen molar-refractivity contribution < 1.29 is 9.59 Å². The van der Waals surface area contributed by atoms with Crippen molar-refractivity contribution in [3.05, 3.63) is 11.6 Å². The van der Waals surface area contributed by atoms with Crippen LogP contribution in [0, 0.1) is 5.92 Å². The molecule has 1 aliphatic rings. The predicted octanol–water partition coefficient (Wildman–Crippen LogP) is 2.28. The molecule has 0 aromatic heterocycles. The topological polar surface area (TPSA) is 34.1 Å². The highest BCUT2D eigenvalue weighted by atomic mass is 16.2. The lowest BCUT2D eigenvalue weighted by Crippen LogP contribution is -2.22. The number of ketones is 2. The SMILES string of the molecule is CC(C)C(=O)C(=O)C1=CCCCC1. The van der Waals surface area contributed by atoms with E-state index in [1.165, 1.54) is 0 Å². The number of allylic oxidation sites excluding steroid dienone is 2. The molecule has 0 aromatic rings. The summed E-state index contributed by atoms with van der Waals surface area (Å²) in [4.78, 5) is 22.9. The van der Waals surface area contributed by atoms with Gasteiger partial charge in [-0.2, -0.15) is 0 Å². The maximum atomic E-state index is 11.5. The van der Waals surface area contributed by atoms with Crippen LogP contribution in [0.15, 0.2) is 11.6 Å². The van der Waals surface area contributed by atoms with Crippen LogP contribution in [-0.2, 0) is 9.59 Å². The Kier molecular flexibility index (Phi) is 3.40. The second-order valence-corrected chi connectivity index (χ2v) is 3.82. The molecule has 13 heavy (non-hydrogen) atoms. The Morgan fingerprint density at radius 2 is 2.00 bits per heavy atom. The molecule has 2 nitrogen and oxygen atoms in total. The summed E-state index contributed by atoms with van der Waals surface area (Å²) in [5.74, 6) is -0.668. The summed E-state index contributed by atoms with van der Waals surface area (Å²) in [5, 5.41) is 0. The molecule has 2 heteroatoms. The van der Waals surface area contributed by atoms with Crippen LogP contribution < -0.4 is 0 Å². The lowest BCUT2D eigenvalue weighted by atomic mass is 9.92. The monoisotopic (exact) mass is 180 g/mol. The van der Waals surface area contributed by atoms with E-state index in [4.69, 9.17) is 0 Å². The average Bonchev–Trinajstić information content (AvgIpc) is 2.17. The fourth-order valence-electron chi connectivity index (χ4n) is 1.46. The molecule has 0 amide bonds. The van der Waals surface area contributed by atoms with Gasteiger partial charge in [0.1, 0.15) is 0 Å². The quantitative estimate of drug-likeness (QED) is 0.624. The van der Waals surface area contributed by atoms with Crippen LogP contribution in [0.5, 0.6) is 0 Å². The zero-order valence-electron chi connectivity index (χ0n) is 8.30. The minimum atomic E-state index is -0.255. The molecular formula is C11H16O2. The zero-order valence-corrected chi connectivity index (χ0v) is 8.30. The first-order valence-electron chi connectivity index (χ1n) is 4.90. The Bertz CT molecular complexity index is 249. The number of carbonyl (C=O) groups is 2. The largest absolute Gasteiger partial charge is 0.290 e. The van der Waals surface area contributed by atoms with Gasteiger partial charge in [-0.1, -0.05) is 19.9 Å². The van der Waals surface area contributed by atoms with Gasteiger partial charge in [0.2, 0.25) is 11.6 Å². The van der Waals surface area contributed by atoms with Crippen LogP contribution >= 0.6 is 0 Å². The number of hydrogen-bond donors (Lipinski definition) is 0. The van der Waals surface area contributed by atoms with E-state index in [0.717, 1.165) is 31.3 Å². The summed E-state index contributed by atoms with van der Waals surface area (Å²) >= 11 is 0. The molecule has 0 saturated carbocycles. The number of Topliss-reactive ketones (excluding diaryl/α,β-unsaturated/α-hetero) is 2. The maximum absolute atomic E-state index is 11.5. The summed E-state index contributed by atoms with van der Waals surface area (Å²) < 4.78 is 0. The molecular weight excluding hydrogens is 164 g/mol. The molecule has 72 valence electrons. The molecule has 0 unspecified atom stereocenters. The highest BCUT2D eigenvalue weighted by Crippen LogP contribution is 2.19. The molecule has 0 bridgehead atoms. The summed E-state index contributed by atoms with van der Waals surface area (Å²) in [6.07, 6.45) is 5.85. The van der Waals surface area contributed by atoms with Crippen molar-refractivity contribution in [2.75, 3.05) is 0 Å². The predicted molar refractivity (Wildman–Crippen MR) is 51.4 cm³/mol. The first-order chi connectivity index (χ1) is 6.13. The van der Waals surface area contributed by atoms with E-state index in [1.54, 1.807) is 13.8 Å². The van der Waals surface area contributed by atoms with E-state index < -0.39 is 0 Å². The van der Waals surface area contributed by atoms with Gasteiger partial charge in [-0.05, 0) is 31.3 Å². The molecule has 0 heterocycles. The lowest BCUT2D eigenvalue weighted by Gasteiger charge is -2.11. The van der Waals surface area contributed by atoms with Crippen LogP contribution in [-0.4, -0.2) is 11.6 Å². The molecule has 1 rings (SSSR count). The second kappa shape index (κ2) is 4.35. The molecule has 0 aromatic carbocycles. The molecule has 0 N–H and O–H groups in total. The highest BCUT2D eigenvalue weighted by Gasteiger charge is 2.21. The van der Waals surface area contributed by atoms with Crippen LogP contribution in [0.2, 0.25) is 0 Å². The summed E-state index contributed by atoms with van der Waals surface area (Å²) in [6, 6.07) is 0. The van der Waals surface area contributed by atoms with Crippen LogP contribution in [0.3, 0.4) is 0 Å². The molecule has 0 saturated heterocycles. The third-order valence-electron chi connectivity index (χ3n) is 2.33. The van der Waals surface area contributed by atoms with Crippen molar-refractivity contribution in [2.45, 2.75) is 39.5 Å². The lowest BCUT2D eigenvalue weighted by molar-refractivity contribution is -0.136. The van der Waals surface area contributed by atoms with Crippen molar-refractivity contribution in [3.63, 3.8) is 0 Å². The van der Waals surface area contributed by atoms with E-state index in [-0.39, 0.29) is 17.5 Å². The van der Waals surface area contributed by atoms with Crippen LogP contribution in [0.1, 0.15) is 39.5 Å². The van der Waals surface area contributed by atoms with Crippen LogP contribution in [0.25, 0.3) is 0 Å². The molecule has 0 aliphatic heterocycles. The van der Waals surface area contributed by atoms with Crippen molar-refractivity contribution in [1.29, 1.82) is 0 Å². The van der Waals surface area contributed by atoms with E-state index in [1.807, 2.05) is 6.08 Å². The summed E-state index contributed by atoms with van der Waals surface area (Å²) in [6.45, 7) is 3.53. The van der Waals surface area contributed by atoms with Gasteiger partial charge in [0.15, 0.2) is 0 Å². The standard InChI is InChI=1S/C11H16O2/c1-8(2)10(12)11(13)9-6-4-3-5-7-9/h6,8H,3-5,7H2,1-2H3. The molecule has 0 radical (unpaired) electrons. The molecule has 0 fully saturated rings. The van der Waals surface area contributed by atoms with Crippen LogP contribution in [0.4, 0.5) is 0 Å². The molecule has 1 aliphatic carbocycles. The van der Waals surface area contributed by atoms with Crippen molar-refractivity contribution >= 4 is 11.6 Å². The summed E-state index contributed by atoms with van der Waals surface area (Å²) in [5.41, 5.74) is 0.741. The number of carbonyl (C=O) groups excluding carboxylic acids is 2. The Balaban J connectivity index is 2.66. The Hall–Kier alpha value is -0.920. The molecule has 0 atom stereocenters. The van der Waals surface area contributed by atoms with Gasteiger partial charge in [0, 0.05) is 5.92 Å². The van der Waals surface area contributed by atoms with Gasteiger partial charge in [-0.3, -0.25) is 9.59 Å². The van der Waals surface area contributed by atoms with Gasteiger partial charge in [0.25, 0.3) is 0 Å². The minimum absolute atomic E-state index is 0.171. The van der Waals surface area contributed by atoms with Gasteiger partial charge in [0.05, 0.1) is 0 Å². The minimum Gasteiger partial charge on any atom is -0.290 e. The average molecular weight is 180 g/mol. The van der Waals surface area contributed by atoms with E-state index in [0.29, 0.717) is 0 Å². The van der Waals surface area contributed by atoms with Crippen molar-refractivity contribution in [2.24, 2.45) is 5.92 Å². The first-order valence-corrected chi connectivity index (χ1v) is 4.90. The normalized spacial score (nSPS) is 17.0. The van der Waals surface area contributed by atoms with Gasteiger partial charge in [-0.15, -0.1) is 0 Å². The van der Waals surface area contributed by atoms with Gasteiger partial charge < -0.3 is 0 Å². The maximum Gasteiger partial charge on any atom is 0.224 e. The van der Waals surface area contributed by atoms with E-state index in [9.17, 15) is 9.59 Å². The Labute approximate surface area is 79.0 Å². The number of hydrogen-bond acceptors (Lipinski definition) is 2. The summed E-state index contributed by atoms with van der Waals surface area (Å²) in [7, 11) is 0. The third kappa shape index (κ3) is 2.51. The smallest absolute Gasteiger partial charge is 0.224 e. The first kappa shape index (κ1) is 10.2. The van der Waals surface area contributed by atoms with Gasteiger partial charge >= 0.3 is 0 Å². The molecule has 0 spiro atoms. The van der Waals surface area contributed by atoms with Crippen molar-refractivity contribution in [3.8, 4) is 0 Å². The van der Waals surface area contributed by atoms with Crippen molar-refractivity contribution in [1.82, 2.24) is 0 Å². The van der Waals surface area contributed by atoms with E-state index in [2.05, 4.69) is 0 Å². The highest BCUT2D eigenvalue weighted by molar-refractivity contribution is 6.44. The second-order valence-electron chi connectivity index (χ2n) is 3.82. The Morgan fingerprint density at radius 3 is 2.46 bits per heavy atom.